The fourth-order valence-corrected chi connectivity index (χ4v) is 10.9. The van der Waals surface area contributed by atoms with Crippen LogP contribution >= 0.6 is 0 Å². The summed E-state index contributed by atoms with van der Waals surface area (Å²) >= 11 is 0. The second-order valence-corrected chi connectivity index (χ2v) is 19.3. The van der Waals surface area contributed by atoms with Crippen LogP contribution in [0.2, 0.25) is 0 Å². The highest BCUT2D eigenvalue weighted by Gasteiger charge is 2.24. The average molecular weight is 988 g/mol. The smallest absolute Gasteiger partial charge is 0.135 e. The van der Waals surface area contributed by atoms with E-state index in [1.807, 2.05) is 24.3 Å². The Bertz CT molecular complexity index is 4220. The molecule has 77 heavy (non-hydrogen) atoms. The molecule has 5 heteroatoms. The molecule has 0 radical (unpaired) electrons. The number of furan rings is 2. The number of rotatable bonds is 12. The molecule has 0 spiro atoms. The van der Waals surface area contributed by atoms with Crippen molar-refractivity contribution >= 4 is 95.1 Å². The summed E-state index contributed by atoms with van der Waals surface area (Å²) in [6.45, 7) is 0. The molecule has 5 nitrogen and oxygen atoms in total. The SMILES string of the molecule is c1ccc(-c2ccc(N(c3ccccc3)c3cc(N(c4ccccc4)c4ccc(-c5ccccc5)cc4)cc(N(c4ccc(-c5ccc6oc7ccccc7c6c5)cc4)c4ccc5oc6ccccc6c5c4)c3)cc2)cc1. The first-order valence-electron chi connectivity index (χ1n) is 26.0. The van der Waals surface area contributed by atoms with Gasteiger partial charge >= 0.3 is 0 Å². The van der Waals surface area contributed by atoms with Gasteiger partial charge in [0, 0.05) is 55.7 Å². The monoisotopic (exact) mass is 987 g/mol. The fraction of sp³-hybridized carbons (Fsp3) is 0. The van der Waals surface area contributed by atoms with E-state index < -0.39 is 0 Å². The van der Waals surface area contributed by atoms with Gasteiger partial charge in [-0.1, -0.05) is 176 Å². The third-order valence-electron chi connectivity index (χ3n) is 14.6. The summed E-state index contributed by atoms with van der Waals surface area (Å²) in [6, 6.07) is 106. The topological polar surface area (TPSA) is 36.0 Å². The molecule has 0 bridgehead atoms. The van der Waals surface area contributed by atoms with Gasteiger partial charge in [-0.05, 0) is 155 Å². The Morgan fingerprint density at radius 1 is 0.169 bits per heavy atom. The van der Waals surface area contributed by atoms with E-state index in [0.717, 1.165) is 117 Å². The quantitative estimate of drug-likeness (QED) is 0.122. The zero-order valence-corrected chi connectivity index (χ0v) is 41.9. The van der Waals surface area contributed by atoms with E-state index in [0.29, 0.717) is 0 Å². The Balaban J connectivity index is 0.992. The zero-order valence-electron chi connectivity index (χ0n) is 41.9. The first-order chi connectivity index (χ1) is 38.1. The van der Waals surface area contributed by atoms with E-state index in [1.54, 1.807) is 0 Å². The summed E-state index contributed by atoms with van der Waals surface area (Å²) in [5, 5.41) is 4.33. The lowest BCUT2D eigenvalue weighted by Crippen LogP contribution is -2.16. The third kappa shape index (κ3) is 8.62. The van der Waals surface area contributed by atoms with Crippen LogP contribution in [0.3, 0.4) is 0 Å². The van der Waals surface area contributed by atoms with Gasteiger partial charge in [-0.2, -0.15) is 0 Å². The molecule has 0 fully saturated rings. The van der Waals surface area contributed by atoms with E-state index in [-0.39, 0.29) is 0 Å². The molecule has 0 aliphatic rings. The van der Waals surface area contributed by atoms with Gasteiger partial charge in [0.2, 0.25) is 0 Å². The van der Waals surface area contributed by atoms with Gasteiger partial charge < -0.3 is 23.5 Å². The number of fused-ring (bicyclic) bond motifs is 6. The molecular formula is C72H49N3O2. The van der Waals surface area contributed by atoms with Crippen molar-refractivity contribution in [1.29, 1.82) is 0 Å². The standard InChI is InChI=1S/C72H49N3O2/c1-5-17-50(18-6-1)52-29-36-58(37-30-52)73(56-21-9-3-10-22-56)62-46-63(74(57-23-11-4-12-24-57)59-38-31-53(32-39-59)51-19-7-2-8-20-51)48-64(47-62)75(61-42-44-72-68(49-61)66-26-14-16-28-70(66)77-72)60-40-33-54(34-41-60)55-35-43-71-67(45-55)65-25-13-15-27-69(65)76-71/h1-49H. The van der Waals surface area contributed by atoms with Gasteiger partial charge in [-0.3, -0.25) is 0 Å². The van der Waals surface area contributed by atoms with Gasteiger partial charge in [-0.25, -0.2) is 0 Å². The lowest BCUT2D eigenvalue weighted by molar-refractivity contribution is 0.668. The Morgan fingerprint density at radius 3 is 0.896 bits per heavy atom. The Kier molecular flexibility index (Phi) is 11.5. The van der Waals surface area contributed by atoms with Crippen LogP contribution in [0.5, 0.6) is 0 Å². The van der Waals surface area contributed by atoms with Gasteiger partial charge in [-0.15, -0.1) is 0 Å². The molecule has 14 rings (SSSR count). The third-order valence-corrected chi connectivity index (χ3v) is 14.6. The molecule has 0 N–H and O–H groups in total. The predicted molar refractivity (Wildman–Crippen MR) is 321 cm³/mol. The lowest BCUT2D eigenvalue weighted by atomic mass is 10.0. The molecule has 364 valence electrons. The van der Waals surface area contributed by atoms with Crippen LogP contribution in [0.25, 0.3) is 77.3 Å². The molecule has 0 atom stereocenters. The van der Waals surface area contributed by atoms with Gasteiger partial charge in [0.05, 0.1) is 17.1 Å². The summed E-state index contributed by atoms with van der Waals surface area (Å²) < 4.78 is 12.7. The average Bonchev–Trinajstić information content (AvgIpc) is 4.07. The minimum absolute atomic E-state index is 0.838. The number of benzene rings is 12. The molecular weight excluding hydrogens is 939 g/mol. The maximum atomic E-state index is 6.45. The van der Waals surface area contributed by atoms with E-state index in [4.69, 9.17) is 8.83 Å². The summed E-state index contributed by atoms with van der Waals surface area (Å²) in [7, 11) is 0. The normalized spacial score (nSPS) is 11.4. The van der Waals surface area contributed by atoms with Crippen LogP contribution in [0.1, 0.15) is 0 Å². The summed E-state index contributed by atoms with van der Waals surface area (Å²) in [5.41, 5.74) is 19.4. The highest BCUT2D eigenvalue weighted by Crippen LogP contribution is 2.48. The summed E-state index contributed by atoms with van der Waals surface area (Å²) in [5.74, 6) is 0. The van der Waals surface area contributed by atoms with Crippen LogP contribution in [-0.4, -0.2) is 0 Å². The van der Waals surface area contributed by atoms with Gasteiger partial charge in [0.25, 0.3) is 0 Å². The van der Waals surface area contributed by atoms with Crippen molar-refractivity contribution in [3.8, 4) is 33.4 Å². The number of nitrogens with zero attached hydrogens (tertiary/aromatic N) is 3. The van der Waals surface area contributed by atoms with Crippen molar-refractivity contribution in [2.45, 2.75) is 0 Å². The maximum absolute atomic E-state index is 6.45. The first-order valence-corrected chi connectivity index (χ1v) is 26.0. The first kappa shape index (κ1) is 45.3. The summed E-state index contributed by atoms with van der Waals surface area (Å²) in [6.07, 6.45) is 0. The molecule has 0 saturated carbocycles. The second-order valence-electron chi connectivity index (χ2n) is 19.3. The number of hydrogen-bond donors (Lipinski definition) is 0. The van der Waals surface area contributed by atoms with Crippen LogP contribution in [0.4, 0.5) is 51.2 Å². The highest BCUT2D eigenvalue weighted by atomic mass is 16.3. The molecule has 14 aromatic rings. The molecule has 0 saturated heterocycles. The molecule has 0 amide bonds. The molecule has 0 aliphatic carbocycles. The molecule has 0 unspecified atom stereocenters. The number of anilines is 9. The van der Waals surface area contributed by atoms with E-state index in [1.165, 1.54) is 11.1 Å². The van der Waals surface area contributed by atoms with Gasteiger partial charge in [0.15, 0.2) is 0 Å². The Hall–Kier alpha value is -10.4. The van der Waals surface area contributed by atoms with Crippen molar-refractivity contribution in [3.63, 3.8) is 0 Å². The Labute approximate surface area is 447 Å². The highest BCUT2D eigenvalue weighted by molar-refractivity contribution is 6.08. The molecule has 2 aromatic heterocycles. The number of para-hydroxylation sites is 4. The summed E-state index contributed by atoms with van der Waals surface area (Å²) in [4.78, 5) is 7.12. The van der Waals surface area contributed by atoms with Crippen molar-refractivity contribution < 1.29 is 8.83 Å². The van der Waals surface area contributed by atoms with Crippen molar-refractivity contribution in [2.24, 2.45) is 0 Å². The minimum Gasteiger partial charge on any atom is -0.456 e. The molecule has 2 heterocycles. The largest absolute Gasteiger partial charge is 0.456 e. The number of hydrogen-bond acceptors (Lipinski definition) is 5. The maximum Gasteiger partial charge on any atom is 0.135 e. The van der Waals surface area contributed by atoms with Crippen molar-refractivity contribution in [2.75, 3.05) is 14.7 Å². The van der Waals surface area contributed by atoms with Crippen molar-refractivity contribution in [1.82, 2.24) is 0 Å². The molecule has 12 aromatic carbocycles. The van der Waals surface area contributed by atoms with Crippen molar-refractivity contribution in [3.05, 3.63) is 297 Å². The zero-order chi connectivity index (χ0) is 51.1. The minimum atomic E-state index is 0.838. The van der Waals surface area contributed by atoms with E-state index >= 15 is 0 Å². The van der Waals surface area contributed by atoms with Crippen LogP contribution < -0.4 is 14.7 Å². The van der Waals surface area contributed by atoms with Crippen LogP contribution in [0.15, 0.2) is 306 Å². The Morgan fingerprint density at radius 2 is 0.455 bits per heavy atom. The predicted octanol–water partition coefficient (Wildman–Crippen LogP) is 20.9. The second kappa shape index (κ2) is 19.5. The lowest BCUT2D eigenvalue weighted by Gasteiger charge is -2.33. The van der Waals surface area contributed by atoms with Gasteiger partial charge in [0.1, 0.15) is 22.3 Å². The van der Waals surface area contributed by atoms with E-state index in [9.17, 15) is 0 Å². The molecule has 0 aliphatic heterocycles. The van der Waals surface area contributed by atoms with Crippen LogP contribution in [-0.2, 0) is 0 Å². The fourth-order valence-electron chi connectivity index (χ4n) is 10.9. The van der Waals surface area contributed by atoms with E-state index in [2.05, 4.69) is 288 Å². The van der Waals surface area contributed by atoms with Crippen LogP contribution in [0, 0.1) is 0 Å².